The third-order valence-electron chi connectivity index (χ3n) is 2.44. The summed E-state index contributed by atoms with van der Waals surface area (Å²) >= 11 is 5.88. The number of aliphatic carboxylic acids is 1. The SMILES string of the molecule is C=CCOC(=O)N(CCC(=O)O)Cc1cccc(Cl)c1. The summed E-state index contributed by atoms with van der Waals surface area (Å²) in [5, 5.41) is 9.27. The second kappa shape index (κ2) is 8.22. The van der Waals surface area contributed by atoms with Crippen molar-refractivity contribution in [2.45, 2.75) is 13.0 Å². The van der Waals surface area contributed by atoms with Crippen LogP contribution in [0, 0.1) is 0 Å². The Morgan fingerprint density at radius 1 is 1.45 bits per heavy atom. The third kappa shape index (κ3) is 5.75. The number of carboxylic acid groups (broad SMARTS) is 1. The molecular weight excluding hydrogens is 282 g/mol. The molecule has 0 saturated heterocycles. The van der Waals surface area contributed by atoms with E-state index in [1.807, 2.05) is 0 Å². The Balaban J connectivity index is 2.72. The molecule has 20 heavy (non-hydrogen) atoms. The maximum atomic E-state index is 11.8. The van der Waals surface area contributed by atoms with Crippen LogP contribution in [0.2, 0.25) is 5.02 Å². The highest BCUT2D eigenvalue weighted by Gasteiger charge is 2.16. The summed E-state index contributed by atoms with van der Waals surface area (Å²) in [6.07, 6.45) is 0.724. The number of carbonyl (C=O) groups excluding carboxylic acids is 1. The summed E-state index contributed by atoms with van der Waals surface area (Å²) in [4.78, 5) is 23.8. The molecule has 0 radical (unpaired) electrons. The van der Waals surface area contributed by atoms with Crippen LogP contribution in [0.5, 0.6) is 0 Å². The number of carbonyl (C=O) groups is 2. The van der Waals surface area contributed by atoms with Gasteiger partial charge in [0.2, 0.25) is 0 Å². The van der Waals surface area contributed by atoms with Gasteiger partial charge in [-0.2, -0.15) is 0 Å². The summed E-state index contributed by atoms with van der Waals surface area (Å²) < 4.78 is 4.93. The summed E-state index contributed by atoms with van der Waals surface area (Å²) in [5.74, 6) is -0.974. The average molecular weight is 298 g/mol. The lowest BCUT2D eigenvalue weighted by molar-refractivity contribution is -0.137. The smallest absolute Gasteiger partial charge is 0.410 e. The number of hydrogen-bond acceptors (Lipinski definition) is 3. The van der Waals surface area contributed by atoms with Crippen LogP contribution in [0.25, 0.3) is 0 Å². The van der Waals surface area contributed by atoms with E-state index in [2.05, 4.69) is 6.58 Å². The van der Waals surface area contributed by atoms with Crippen molar-refractivity contribution >= 4 is 23.7 Å². The van der Waals surface area contributed by atoms with Crippen LogP contribution in [0.3, 0.4) is 0 Å². The van der Waals surface area contributed by atoms with E-state index in [1.54, 1.807) is 24.3 Å². The number of carboxylic acids is 1. The molecule has 0 aliphatic heterocycles. The van der Waals surface area contributed by atoms with Crippen molar-refractivity contribution in [1.29, 1.82) is 0 Å². The molecule has 0 spiro atoms. The molecule has 0 bridgehead atoms. The fourth-order valence-corrected chi connectivity index (χ4v) is 1.76. The van der Waals surface area contributed by atoms with Crippen LogP contribution in [0.4, 0.5) is 4.79 Å². The van der Waals surface area contributed by atoms with Gasteiger partial charge in [-0.1, -0.05) is 36.4 Å². The largest absolute Gasteiger partial charge is 0.481 e. The van der Waals surface area contributed by atoms with E-state index in [9.17, 15) is 9.59 Å². The first-order valence-electron chi connectivity index (χ1n) is 6.01. The standard InChI is InChI=1S/C14H16ClNO4/c1-2-8-20-14(19)16(7-6-13(17)18)10-11-4-3-5-12(15)9-11/h2-5,9H,1,6-8,10H2,(H,17,18). The predicted octanol–water partition coefficient (Wildman–Crippen LogP) is 2.94. The lowest BCUT2D eigenvalue weighted by atomic mass is 10.2. The highest BCUT2D eigenvalue weighted by molar-refractivity contribution is 6.30. The number of ether oxygens (including phenoxy) is 1. The zero-order chi connectivity index (χ0) is 15.0. The molecule has 1 aromatic rings. The Morgan fingerprint density at radius 3 is 2.80 bits per heavy atom. The first-order valence-corrected chi connectivity index (χ1v) is 6.39. The number of rotatable bonds is 7. The fourth-order valence-electron chi connectivity index (χ4n) is 1.54. The van der Waals surface area contributed by atoms with E-state index in [1.165, 1.54) is 11.0 Å². The molecule has 0 unspecified atom stereocenters. The maximum Gasteiger partial charge on any atom is 0.410 e. The molecule has 1 aromatic carbocycles. The van der Waals surface area contributed by atoms with Crippen molar-refractivity contribution in [3.05, 3.63) is 47.5 Å². The number of benzene rings is 1. The Hall–Kier alpha value is -2.01. The minimum Gasteiger partial charge on any atom is -0.481 e. The molecule has 0 aromatic heterocycles. The number of halogens is 1. The maximum absolute atomic E-state index is 11.8. The third-order valence-corrected chi connectivity index (χ3v) is 2.68. The van der Waals surface area contributed by atoms with Gasteiger partial charge in [-0.05, 0) is 17.7 Å². The van der Waals surface area contributed by atoms with E-state index in [0.29, 0.717) is 5.02 Å². The van der Waals surface area contributed by atoms with E-state index in [0.717, 1.165) is 5.56 Å². The Bertz CT molecular complexity index is 490. The number of hydrogen-bond donors (Lipinski definition) is 1. The molecule has 5 nitrogen and oxygen atoms in total. The molecule has 108 valence electrons. The van der Waals surface area contributed by atoms with Crippen LogP contribution in [0.1, 0.15) is 12.0 Å². The fraction of sp³-hybridized carbons (Fsp3) is 0.286. The zero-order valence-electron chi connectivity index (χ0n) is 10.9. The average Bonchev–Trinajstić information content (AvgIpc) is 2.40. The van der Waals surface area contributed by atoms with Crippen molar-refractivity contribution in [3.8, 4) is 0 Å². The van der Waals surface area contributed by atoms with Gasteiger partial charge < -0.3 is 14.7 Å². The van der Waals surface area contributed by atoms with Gasteiger partial charge in [0.1, 0.15) is 6.61 Å². The number of nitrogens with zero attached hydrogens (tertiary/aromatic N) is 1. The molecule has 0 atom stereocenters. The van der Waals surface area contributed by atoms with Crippen molar-refractivity contribution < 1.29 is 19.4 Å². The summed E-state index contributed by atoms with van der Waals surface area (Å²) in [5.41, 5.74) is 0.804. The van der Waals surface area contributed by atoms with Crippen LogP contribution < -0.4 is 0 Å². The Labute approximate surface area is 122 Å². The van der Waals surface area contributed by atoms with E-state index in [4.69, 9.17) is 21.4 Å². The van der Waals surface area contributed by atoms with Gasteiger partial charge in [0.05, 0.1) is 6.42 Å². The molecule has 0 aliphatic carbocycles. The van der Waals surface area contributed by atoms with Gasteiger partial charge in [0.15, 0.2) is 0 Å². The Kier molecular flexibility index (Phi) is 6.59. The first kappa shape index (κ1) is 16.0. The normalized spacial score (nSPS) is 9.85. The topological polar surface area (TPSA) is 66.8 Å². The van der Waals surface area contributed by atoms with Crippen molar-refractivity contribution in [3.63, 3.8) is 0 Å². The molecule has 0 fully saturated rings. The molecule has 6 heteroatoms. The van der Waals surface area contributed by atoms with Crippen LogP contribution in [0.15, 0.2) is 36.9 Å². The summed E-state index contributed by atoms with van der Waals surface area (Å²) in [6, 6.07) is 7.02. The van der Waals surface area contributed by atoms with Gasteiger partial charge in [-0.15, -0.1) is 0 Å². The molecule has 0 aliphatic rings. The lowest BCUT2D eigenvalue weighted by Crippen LogP contribution is -2.33. The number of amides is 1. The van der Waals surface area contributed by atoms with Gasteiger partial charge in [0.25, 0.3) is 0 Å². The Morgan fingerprint density at radius 2 is 2.20 bits per heavy atom. The summed E-state index contributed by atoms with van der Waals surface area (Å²) in [7, 11) is 0. The van der Waals surface area contributed by atoms with Gasteiger partial charge in [-0.3, -0.25) is 4.79 Å². The zero-order valence-corrected chi connectivity index (χ0v) is 11.7. The van der Waals surface area contributed by atoms with Gasteiger partial charge >= 0.3 is 12.1 Å². The quantitative estimate of drug-likeness (QED) is 0.786. The van der Waals surface area contributed by atoms with Crippen LogP contribution >= 0.6 is 11.6 Å². The highest BCUT2D eigenvalue weighted by atomic mass is 35.5. The van der Waals surface area contributed by atoms with Crippen LogP contribution in [-0.2, 0) is 16.1 Å². The molecule has 1 N–H and O–H groups in total. The lowest BCUT2D eigenvalue weighted by Gasteiger charge is -2.21. The highest BCUT2D eigenvalue weighted by Crippen LogP contribution is 2.13. The molecular formula is C14H16ClNO4. The molecule has 0 heterocycles. The van der Waals surface area contributed by atoms with Gasteiger partial charge in [0, 0.05) is 18.1 Å². The van der Waals surface area contributed by atoms with Crippen molar-refractivity contribution in [2.75, 3.05) is 13.2 Å². The second-order valence-corrected chi connectivity index (χ2v) is 4.50. The first-order chi connectivity index (χ1) is 9.52. The van der Waals surface area contributed by atoms with Crippen molar-refractivity contribution in [2.24, 2.45) is 0 Å². The van der Waals surface area contributed by atoms with E-state index >= 15 is 0 Å². The van der Waals surface area contributed by atoms with Crippen LogP contribution in [-0.4, -0.2) is 35.2 Å². The minimum atomic E-state index is -0.974. The van der Waals surface area contributed by atoms with Crippen molar-refractivity contribution in [1.82, 2.24) is 4.90 Å². The molecule has 0 saturated carbocycles. The monoisotopic (exact) mass is 297 g/mol. The molecule has 1 amide bonds. The van der Waals surface area contributed by atoms with Gasteiger partial charge in [-0.25, -0.2) is 4.79 Å². The predicted molar refractivity (Wildman–Crippen MR) is 75.7 cm³/mol. The summed E-state index contributed by atoms with van der Waals surface area (Å²) in [6.45, 7) is 3.84. The second-order valence-electron chi connectivity index (χ2n) is 4.06. The molecule has 1 rings (SSSR count). The minimum absolute atomic E-state index is 0.0673. The van der Waals surface area contributed by atoms with E-state index < -0.39 is 12.1 Å². The van der Waals surface area contributed by atoms with E-state index in [-0.39, 0.29) is 26.1 Å².